The van der Waals surface area contributed by atoms with Gasteiger partial charge in [-0.05, 0) is 31.5 Å². The maximum Gasteiger partial charge on any atom is 0.262 e. The predicted molar refractivity (Wildman–Crippen MR) is 95.5 cm³/mol. The number of nitrogens with one attached hydrogen (secondary N) is 2. The van der Waals surface area contributed by atoms with E-state index in [1.807, 2.05) is 0 Å². The van der Waals surface area contributed by atoms with Gasteiger partial charge in [0.2, 0.25) is 0 Å². The summed E-state index contributed by atoms with van der Waals surface area (Å²) in [6, 6.07) is 3.63. The lowest BCUT2D eigenvalue weighted by Crippen LogP contribution is -3.14. The van der Waals surface area contributed by atoms with Gasteiger partial charge in [-0.2, -0.15) is 0 Å². The van der Waals surface area contributed by atoms with Crippen LogP contribution in [0.4, 0.5) is 13.8 Å². The quantitative estimate of drug-likeness (QED) is 0.756. The third-order valence-corrected chi connectivity index (χ3v) is 5.80. The van der Waals surface area contributed by atoms with Gasteiger partial charge in [0.25, 0.3) is 11.8 Å². The van der Waals surface area contributed by atoms with E-state index in [1.165, 1.54) is 22.3 Å². The van der Waals surface area contributed by atoms with Crippen LogP contribution in [0.25, 0.3) is 0 Å². The Morgan fingerprint density at radius 2 is 1.88 bits per heavy atom. The number of carbonyl (C=O) groups excluding carboxylic acids is 2. The van der Waals surface area contributed by atoms with Crippen molar-refractivity contribution in [2.24, 2.45) is 5.73 Å². The second kappa shape index (κ2) is 7.13. The molecule has 0 bridgehead atoms. The van der Waals surface area contributed by atoms with Crippen LogP contribution in [0.15, 0.2) is 18.2 Å². The van der Waals surface area contributed by atoms with Gasteiger partial charge in [0, 0.05) is 6.42 Å². The van der Waals surface area contributed by atoms with Gasteiger partial charge in [0.1, 0.15) is 28.7 Å². The Balaban J connectivity index is 1.96. The van der Waals surface area contributed by atoms with E-state index in [1.54, 1.807) is 0 Å². The minimum atomic E-state index is -0.958. The van der Waals surface area contributed by atoms with E-state index >= 15 is 0 Å². The topological polar surface area (TPSA) is 76.6 Å². The lowest BCUT2D eigenvalue weighted by Gasteiger charge is -2.27. The zero-order chi connectivity index (χ0) is 19.0. The maximum atomic E-state index is 13.8. The van der Waals surface area contributed by atoms with Crippen molar-refractivity contribution in [3.05, 3.63) is 51.4 Å². The van der Waals surface area contributed by atoms with Gasteiger partial charge in [-0.3, -0.25) is 9.59 Å². The minimum Gasteiger partial charge on any atom is -0.365 e. The van der Waals surface area contributed by atoms with Crippen LogP contribution in [0.3, 0.4) is 0 Å². The normalized spacial score (nSPS) is 16.4. The van der Waals surface area contributed by atoms with Crippen LogP contribution >= 0.6 is 11.3 Å². The fourth-order valence-electron chi connectivity index (χ4n) is 3.22. The van der Waals surface area contributed by atoms with E-state index < -0.39 is 29.0 Å². The number of halogens is 2. The summed E-state index contributed by atoms with van der Waals surface area (Å²) in [7, 11) is 0. The molecule has 1 aliphatic heterocycles. The summed E-state index contributed by atoms with van der Waals surface area (Å²) in [6.07, 6.45) is 0.668. The molecule has 1 unspecified atom stereocenters. The van der Waals surface area contributed by atoms with Crippen LogP contribution in [0.5, 0.6) is 0 Å². The number of carbonyl (C=O) groups is 2. The predicted octanol–water partition coefficient (Wildman–Crippen LogP) is 1.73. The number of amides is 2. The molecule has 3 rings (SSSR count). The molecule has 0 saturated heterocycles. The molecule has 0 fully saturated rings. The van der Waals surface area contributed by atoms with E-state index in [-0.39, 0.29) is 10.6 Å². The molecule has 2 amide bonds. The molecule has 0 spiro atoms. The summed E-state index contributed by atoms with van der Waals surface area (Å²) in [5.41, 5.74) is 5.91. The molecular weight excluding hydrogens is 360 g/mol. The second-order valence-electron chi connectivity index (χ2n) is 6.61. The van der Waals surface area contributed by atoms with Crippen molar-refractivity contribution in [1.82, 2.24) is 0 Å². The SMILES string of the molecule is CC(C)[NH+]1CCc2c(sc(NC(=O)c3c(F)cccc3F)c2C(N)=O)C1. The number of hydrogen-bond donors (Lipinski definition) is 3. The first-order valence-electron chi connectivity index (χ1n) is 8.33. The largest absolute Gasteiger partial charge is 0.365 e. The molecule has 4 N–H and O–H groups in total. The molecular formula is C18H20F2N3O2S+. The molecule has 1 atom stereocenters. The number of primary amides is 1. The molecule has 1 aliphatic rings. The van der Waals surface area contributed by atoms with Gasteiger partial charge in [0.05, 0.1) is 23.0 Å². The molecule has 138 valence electrons. The van der Waals surface area contributed by atoms with Crippen molar-refractivity contribution in [2.75, 3.05) is 11.9 Å². The van der Waals surface area contributed by atoms with Crippen molar-refractivity contribution in [1.29, 1.82) is 0 Å². The summed E-state index contributed by atoms with van der Waals surface area (Å²) in [5.74, 6) is -3.51. The Bertz CT molecular complexity index is 859. The highest BCUT2D eigenvalue weighted by molar-refractivity contribution is 7.17. The number of hydrogen-bond acceptors (Lipinski definition) is 3. The number of anilines is 1. The Hall–Kier alpha value is -2.32. The minimum absolute atomic E-state index is 0.248. The number of fused-ring (bicyclic) bond motifs is 1. The fourth-order valence-corrected chi connectivity index (χ4v) is 4.52. The molecule has 0 saturated carbocycles. The second-order valence-corrected chi connectivity index (χ2v) is 7.72. The Morgan fingerprint density at radius 1 is 1.23 bits per heavy atom. The van der Waals surface area contributed by atoms with Crippen molar-refractivity contribution in [2.45, 2.75) is 32.9 Å². The third kappa shape index (κ3) is 3.34. The zero-order valence-corrected chi connectivity index (χ0v) is 15.3. The van der Waals surface area contributed by atoms with Gasteiger partial charge in [0.15, 0.2) is 0 Å². The van der Waals surface area contributed by atoms with Gasteiger partial charge in [-0.15, -0.1) is 11.3 Å². The fraction of sp³-hybridized carbons (Fsp3) is 0.333. The molecule has 0 aliphatic carbocycles. The molecule has 2 aromatic rings. The molecule has 1 aromatic heterocycles. The van der Waals surface area contributed by atoms with Crippen LogP contribution in [-0.4, -0.2) is 24.4 Å². The van der Waals surface area contributed by atoms with Gasteiger partial charge < -0.3 is 16.0 Å². The van der Waals surface area contributed by atoms with Crippen LogP contribution in [0, 0.1) is 11.6 Å². The average molecular weight is 380 g/mol. The Morgan fingerprint density at radius 3 is 2.46 bits per heavy atom. The maximum absolute atomic E-state index is 13.8. The van der Waals surface area contributed by atoms with E-state index in [4.69, 9.17) is 5.73 Å². The number of nitrogens with two attached hydrogens (primary N) is 1. The first-order chi connectivity index (χ1) is 12.3. The number of rotatable bonds is 4. The van der Waals surface area contributed by atoms with Crippen molar-refractivity contribution < 1.29 is 23.3 Å². The molecule has 8 heteroatoms. The highest BCUT2D eigenvalue weighted by atomic mass is 32.1. The van der Waals surface area contributed by atoms with E-state index in [0.29, 0.717) is 12.5 Å². The molecule has 1 aromatic carbocycles. The average Bonchev–Trinajstić information content (AvgIpc) is 2.91. The summed E-state index contributed by atoms with van der Waals surface area (Å²) in [6.45, 7) is 5.82. The Labute approximate surface area is 153 Å². The van der Waals surface area contributed by atoms with Gasteiger partial charge in [-0.25, -0.2) is 8.78 Å². The smallest absolute Gasteiger partial charge is 0.262 e. The lowest BCUT2D eigenvalue weighted by atomic mass is 10.0. The summed E-state index contributed by atoms with van der Waals surface area (Å²) in [5, 5.41) is 2.73. The lowest BCUT2D eigenvalue weighted by molar-refractivity contribution is -0.936. The van der Waals surface area contributed by atoms with Crippen molar-refractivity contribution in [3.63, 3.8) is 0 Å². The monoisotopic (exact) mass is 380 g/mol. The number of benzene rings is 1. The third-order valence-electron chi connectivity index (χ3n) is 4.65. The number of thiophene rings is 1. The van der Waals surface area contributed by atoms with Crippen molar-refractivity contribution in [3.8, 4) is 0 Å². The van der Waals surface area contributed by atoms with Gasteiger partial charge >= 0.3 is 0 Å². The highest BCUT2D eigenvalue weighted by Gasteiger charge is 2.31. The van der Waals surface area contributed by atoms with E-state index in [0.717, 1.165) is 35.7 Å². The van der Waals surface area contributed by atoms with Crippen LogP contribution in [0.2, 0.25) is 0 Å². The van der Waals surface area contributed by atoms with Crippen LogP contribution in [-0.2, 0) is 13.0 Å². The highest BCUT2D eigenvalue weighted by Crippen LogP contribution is 2.35. The van der Waals surface area contributed by atoms with E-state index in [9.17, 15) is 18.4 Å². The number of quaternary nitrogens is 1. The van der Waals surface area contributed by atoms with Crippen molar-refractivity contribution >= 4 is 28.2 Å². The first-order valence-corrected chi connectivity index (χ1v) is 9.15. The zero-order valence-electron chi connectivity index (χ0n) is 14.5. The standard InChI is InChI=1S/C18H19F2N3O2S/c1-9(2)23-7-6-10-13(8-23)26-18(14(10)16(21)24)22-17(25)15-11(19)4-3-5-12(15)20/h3-5,9H,6-8H2,1-2H3,(H2,21,24)(H,22,25)/p+1. The molecule has 5 nitrogen and oxygen atoms in total. The van der Waals surface area contributed by atoms with Crippen LogP contribution < -0.4 is 16.0 Å². The first kappa shape index (κ1) is 18.5. The summed E-state index contributed by atoms with van der Waals surface area (Å²) in [4.78, 5) is 26.7. The summed E-state index contributed by atoms with van der Waals surface area (Å²) < 4.78 is 27.7. The Kier molecular flexibility index (Phi) is 5.06. The molecule has 26 heavy (non-hydrogen) atoms. The molecule has 0 radical (unpaired) electrons. The van der Waals surface area contributed by atoms with Crippen LogP contribution in [0.1, 0.15) is 45.0 Å². The van der Waals surface area contributed by atoms with E-state index in [2.05, 4.69) is 19.2 Å². The molecule has 2 heterocycles. The van der Waals surface area contributed by atoms with Gasteiger partial charge in [-0.1, -0.05) is 6.07 Å². The summed E-state index contributed by atoms with van der Waals surface area (Å²) >= 11 is 1.25.